The van der Waals surface area contributed by atoms with Crippen LogP contribution in [0.4, 0.5) is 0 Å². The lowest BCUT2D eigenvalue weighted by Crippen LogP contribution is -2.60. The summed E-state index contributed by atoms with van der Waals surface area (Å²) in [6, 6.07) is 0. The Morgan fingerprint density at radius 1 is 1.50 bits per heavy atom. The van der Waals surface area contributed by atoms with Crippen molar-refractivity contribution < 1.29 is 4.79 Å². The SMILES string of the molecule is Cc1nn(C)c(CN2CCNC(C)(C)C2=O)c1Cl. The first-order valence-electron chi connectivity index (χ1n) is 6.05. The minimum Gasteiger partial charge on any atom is -0.334 e. The third kappa shape index (κ3) is 2.24. The highest BCUT2D eigenvalue weighted by molar-refractivity contribution is 6.31. The van der Waals surface area contributed by atoms with Gasteiger partial charge < -0.3 is 10.2 Å². The Kier molecular flexibility index (Phi) is 3.38. The van der Waals surface area contributed by atoms with Crippen LogP contribution in [0.1, 0.15) is 25.2 Å². The molecule has 0 radical (unpaired) electrons. The van der Waals surface area contributed by atoms with Gasteiger partial charge >= 0.3 is 0 Å². The lowest BCUT2D eigenvalue weighted by atomic mass is 10.0. The molecule has 1 aliphatic rings. The van der Waals surface area contributed by atoms with Gasteiger partial charge in [0.1, 0.15) is 0 Å². The number of nitrogens with zero attached hydrogens (tertiary/aromatic N) is 3. The smallest absolute Gasteiger partial charge is 0.242 e. The molecule has 0 atom stereocenters. The predicted molar refractivity (Wildman–Crippen MR) is 70.5 cm³/mol. The van der Waals surface area contributed by atoms with Crippen molar-refractivity contribution in [3.05, 3.63) is 16.4 Å². The third-order valence-electron chi connectivity index (χ3n) is 3.37. The number of carbonyl (C=O) groups excluding carboxylic acids is 1. The van der Waals surface area contributed by atoms with Gasteiger partial charge in [-0.1, -0.05) is 11.6 Å². The number of halogens is 1. The van der Waals surface area contributed by atoms with E-state index in [9.17, 15) is 4.79 Å². The Hall–Kier alpha value is -1.07. The quantitative estimate of drug-likeness (QED) is 0.875. The van der Waals surface area contributed by atoms with E-state index in [1.807, 2.05) is 32.7 Å². The summed E-state index contributed by atoms with van der Waals surface area (Å²) in [6.45, 7) is 7.68. The summed E-state index contributed by atoms with van der Waals surface area (Å²) in [5.74, 6) is 0.101. The lowest BCUT2D eigenvalue weighted by molar-refractivity contribution is -0.140. The van der Waals surface area contributed by atoms with Gasteiger partial charge in [-0.2, -0.15) is 5.10 Å². The molecule has 2 rings (SSSR count). The highest BCUT2D eigenvalue weighted by Crippen LogP contribution is 2.23. The number of hydrogen-bond acceptors (Lipinski definition) is 3. The maximum Gasteiger partial charge on any atom is 0.242 e. The molecular formula is C12H19ClN4O. The average molecular weight is 271 g/mol. The van der Waals surface area contributed by atoms with Gasteiger partial charge in [-0.15, -0.1) is 0 Å². The monoisotopic (exact) mass is 270 g/mol. The van der Waals surface area contributed by atoms with Crippen molar-refractivity contribution in [3.63, 3.8) is 0 Å². The van der Waals surface area contributed by atoms with Crippen LogP contribution in [0.2, 0.25) is 5.02 Å². The summed E-state index contributed by atoms with van der Waals surface area (Å²) in [7, 11) is 1.85. The molecule has 0 aromatic carbocycles. The van der Waals surface area contributed by atoms with Crippen LogP contribution in [0.3, 0.4) is 0 Å². The van der Waals surface area contributed by atoms with E-state index in [2.05, 4.69) is 10.4 Å². The second-order valence-corrected chi connectivity index (χ2v) is 5.63. The molecule has 1 amide bonds. The summed E-state index contributed by atoms with van der Waals surface area (Å²) in [4.78, 5) is 14.1. The van der Waals surface area contributed by atoms with Crippen LogP contribution in [0.25, 0.3) is 0 Å². The number of nitrogens with one attached hydrogen (secondary N) is 1. The predicted octanol–water partition coefficient (Wildman–Crippen LogP) is 1.09. The summed E-state index contributed by atoms with van der Waals surface area (Å²) >= 11 is 6.22. The van der Waals surface area contributed by atoms with E-state index in [0.717, 1.165) is 17.9 Å². The van der Waals surface area contributed by atoms with Crippen LogP contribution >= 0.6 is 11.6 Å². The van der Waals surface area contributed by atoms with Gasteiger partial charge in [-0.3, -0.25) is 9.48 Å². The van der Waals surface area contributed by atoms with E-state index < -0.39 is 5.54 Å². The highest BCUT2D eigenvalue weighted by Gasteiger charge is 2.35. The van der Waals surface area contributed by atoms with Crippen molar-refractivity contribution in [2.75, 3.05) is 13.1 Å². The van der Waals surface area contributed by atoms with Gasteiger partial charge in [-0.05, 0) is 20.8 Å². The Bertz CT molecular complexity index is 481. The van der Waals surface area contributed by atoms with Crippen molar-refractivity contribution in [1.82, 2.24) is 20.0 Å². The first-order valence-corrected chi connectivity index (χ1v) is 6.43. The summed E-state index contributed by atoms with van der Waals surface area (Å²) < 4.78 is 1.75. The highest BCUT2D eigenvalue weighted by atomic mass is 35.5. The Balaban J connectivity index is 2.21. The van der Waals surface area contributed by atoms with Crippen molar-refractivity contribution >= 4 is 17.5 Å². The number of rotatable bonds is 2. The molecule has 2 heterocycles. The zero-order valence-corrected chi connectivity index (χ0v) is 12.0. The van der Waals surface area contributed by atoms with Gasteiger partial charge in [0.2, 0.25) is 5.91 Å². The number of carbonyl (C=O) groups is 1. The fourth-order valence-electron chi connectivity index (χ4n) is 2.26. The normalized spacial score (nSPS) is 19.4. The number of aryl methyl sites for hydroxylation is 2. The van der Waals surface area contributed by atoms with E-state index in [0.29, 0.717) is 18.1 Å². The van der Waals surface area contributed by atoms with Crippen LogP contribution in [-0.2, 0) is 18.4 Å². The van der Waals surface area contributed by atoms with E-state index in [1.165, 1.54) is 0 Å². The van der Waals surface area contributed by atoms with Gasteiger partial charge in [-0.25, -0.2) is 0 Å². The molecule has 1 saturated heterocycles. The van der Waals surface area contributed by atoms with Gasteiger partial charge in [0.25, 0.3) is 0 Å². The molecule has 1 aromatic rings. The topological polar surface area (TPSA) is 50.2 Å². The van der Waals surface area contributed by atoms with E-state index in [1.54, 1.807) is 4.68 Å². The zero-order chi connectivity index (χ0) is 13.5. The first kappa shape index (κ1) is 13.4. The van der Waals surface area contributed by atoms with Crippen molar-refractivity contribution in [2.24, 2.45) is 7.05 Å². The lowest BCUT2D eigenvalue weighted by Gasteiger charge is -2.38. The number of amides is 1. The Morgan fingerprint density at radius 2 is 2.17 bits per heavy atom. The number of aromatic nitrogens is 2. The molecule has 0 saturated carbocycles. The number of piperazine rings is 1. The largest absolute Gasteiger partial charge is 0.334 e. The van der Waals surface area contributed by atoms with E-state index in [4.69, 9.17) is 11.6 Å². The van der Waals surface area contributed by atoms with Gasteiger partial charge in [0.15, 0.2) is 0 Å². The molecule has 100 valence electrons. The first-order chi connectivity index (χ1) is 8.33. The molecule has 1 aliphatic heterocycles. The molecule has 0 aliphatic carbocycles. The minimum atomic E-state index is -0.502. The molecule has 5 nitrogen and oxygen atoms in total. The van der Waals surface area contributed by atoms with Crippen molar-refractivity contribution in [3.8, 4) is 0 Å². The molecule has 0 unspecified atom stereocenters. The Labute approximate surface area is 112 Å². The van der Waals surface area contributed by atoms with Crippen LogP contribution in [0.5, 0.6) is 0 Å². The minimum absolute atomic E-state index is 0.101. The van der Waals surface area contributed by atoms with E-state index in [-0.39, 0.29) is 5.91 Å². The second-order valence-electron chi connectivity index (χ2n) is 5.25. The standard InChI is InChI=1S/C12H19ClN4O/c1-8-10(13)9(16(4)15-8)7-17-6-5-14-12(2,3)11(17)18/h14H,5-7H2,1-4H3. The molecule has 0 bridgehead atoms. The summed E-state index contributed by atoms with van der Waals surface area (Å²) in [5.41, 5.74) is 1.19. The third-order valence-corrected chi connectivity index (χ3v) is 3.86. The fourth-order valence-corrected chi connectivity index (χ4v) is 2.48. The molecule has 6 heteroatoms. The fraction of sp³-hybridized carbons (Fsp3) is 0.667. The Morgan fingerprint density at radius 3 is 2.72 bits per heavy atom. The molecular weight excluding hydrogens is 252 g/mol. The van der Waals surface area contributed by atoms with Gasteiger partial charge in [0.05, 0.1) is 28.5 Å². The average Bonchev–Trinajstić information content (AvgIpc) is 2.51. The molecule has 1 N–H and O–H groups in total. The summed E-state index contributed by atoms with van der Waals surface area (Å²) in [5, 5.41) is 8.13. The van der Waals surface area contributed by atoms with Gasteiger partial charge in [0, 0.05) is 20.1 Å². The van der Waals surface area contributed by atoms with E-state index >= 15 is 0 Å². The van der Waals surface area contributed by atoms with Crippen LogP contribution in [-0.4, -0.2) is 39.2 Å². The molecule has 0 spiro atoms. The van der Waals surface area contributed by atoms with Crippen molar-refractivity contribution in [1.29, 1.82) is 0 Å². The van der Waals surface area contributed by atoms with Crippen molar-refractivity contribution in [2.45, 2.75) is 32.9 Å². The van der Waals surface area contributed by atoms with Crippen LogP contribution in [0, 0.1) is 6.92 Å². The maximum absolute atomic E-state index is 12.3. The number of hydrogen-bond donors (Lipinski definition) is 1. The maximum atomic E-state index is 12.3. The molecule has 1 aromatic heterocycles. The summed E-state index contributed by atoms with van der Waals surface area (Å²) in [6.07, 6.45) is 0. The second kappa shape index (κ2) is 4.55. The van der Waals surface area contributed by atoms with Crippen LogP contribution in [0.15, 0.2) is 0 Å². The zero-order valence-electron chi connectivity index (χ0n) is 11.2. The molecule has 1 fully saturated rings. The molecule has 18 heavy (non-hydrogen) atoms. The van der Waals surface area contributed by atoms with Crippen LogP contribution < -0.4 is 5.32 Å².